The van der Waals surface area contributed by atoms with E-state index < -0.39 is 0 Å². The molecule has 1 heterocycles. The van der Waals surface area contributed by atoms with E-state index >= 15 is 0 Å². The van der Waals surface area contributed by atoms with E-state index in [-0.39, 0.29) is 17.5 Å². The van der Waals surface area contributed by atoms with E-state index in [1.165, 1.54) is 0 Å². The molecule has 3 atom stereocenters. The summed E-state index contributed by atoms with van der Waals surface area (Å²) in [6.07, 6.45) is 5.85. The van der Waals surface area contributed by atoms with Crippen molar-refractivity contribution in [3.8, 4) is 0 Å². The van der Waals surface area contributed by atoms with Crippen LogP contribution in [0.3, 0.4) is 0 Å². The molecule has 0 saturated carbocycles. The Morgan fingerprint density at radius 2 is 2.42 bits per heavy atom. The largest absolute Gasteiger partial charge is 0.457 e. The van der Waals surface area contributed by atoms with Gasteiger partial charge in [0.1, 0.15) is 6.10 Å². The van der Waals surface area contributed by atoms with Crippen molar-refractivity contribution in [3.63, 3.8) is 0 Å². The highest BCUT2D eigenvalue weighted by atomic mass is 16.6. The summed E-state index contributed by atoms with van der Waals surface area (Å²) in [5, 5.41) is 0. The summed E-state index contributed by atoms with van der Waals surface area (Å²) in [4.78, 5) is 11.1. The number of carbonyl (C=O) groups is 1. The van der Waals surface area contributed by atoms with Gasteiger partial charge in [-0.25, -0.2) is 0 Å². The third kappa shape index (κ3) is 0.904. The lowest BCUT2D eigenvalue weighted by Gasteiger charge is -2.35. The molecule has 0 aromatic carbocycles. The van der Waals surface area contributed by atoms with Gasteiger partial charge in [0.05, 0.1) is 6.42 Å². The van der Waals surface area contributed by atoms with Crippen LogP contribution >= 0.6 is 0 Å². The summed E-state index contributed by atoms with van der Waals surface area (Å²) in [5.74, 6) is 0.514. The fourth-order valence-electron chi connectivity index (χ4n) is 2.12. The SMILES string of the molecule is C[C@H]1CC=C[C@@H]2OC(=O)C[C@@]21C. The third-order valence-electron chi connectivity index (χ3n) is 3.36. The highest BCUT2D eigenvalue weighted by Gasteiger charge is 2.48. The van der Waals surface area contributed by atoms with E-state index in [1.807, 2.05) is 6.08 Å². The van der Waals surface area contributed by atoms with Crippen LogP contribution in [0.2, 0.25) is 0 Å². The molecular weight excluding hydrogens is 152 g/mol. The van der Waals surface area contributed by atoms with Crippen LogP contribution in [-0.4, -0.2) is 12.1 Å². The molecule has 1 fully saturated rings. The van der Waals surface area contributed by atoms with Crippen LogP contribution < -0.4 is 0 Å². The van der Waals surface area contributed by atoms with Crippen molar-refractivity contribution in [2.75, 3.05) is 0 Å². The maximum absolute atomic E-state index is 11.1. The predicted molar refractivity (Wildman–Crippen MR) is 45.5 cm³/mol. The monoisotopic (exact) mass is 166 g/mol. The Morgan fingerprint density at radius 3 is 3.08 bits per heavy atom. The molecule has 0 unspecified atom stereocenters. The van der Waals surface area contributed by atoms with Crippen LogP contribution in [0.25, 0.3) is 0 Å². The molecule has 0 aromatic heterocycles. The summed E-state index contributed by atoms with van der Waals surface area (Å²) < 4.78 is 5.21. The van der Waals surface area contributed by atoms with Crippen molar-refractivity contribution in [2.24, 2.45) is 11.3 Å². The van der Waals surface area contributed by atoms with Crippen molar-refractivity contribution in [1.82, 2.24) is 0 Å². The minimum atomic E-state index is -0.0408. The average molecular weight is 166 g/mol. The second kappa shape index (κ2) is 2.35. The molecule has 2 aliphatic rings. The van der Waals surface area contributed by atoms with Crippen molar-refractivity contribution in [3.05, 3.63) is 12.2 Å². The first kappa shape index (κ1) is 7.84. The molecule has 0 radical (unpaired) electrons. The average Bonchev–Trinajstić information content (AvgIpc) is 2.27. The topological polar surface area (TPSA) is 26.3 Å². The van der Waals surface area contributed by atoms with Crippen molar-refractivity contribution >= 4 is 5.97 Å². The van der Waals surface area contributed by atoms with Gasteiger partial charge in [0.25, 0.3) is 0 Å². The van der Waals surface area contributed by atoms with Gasteiger partial charge in [-0.05, 0) is 18.4 Å². The summed E-state index contributed by atoms with van der Waals surface area (Å²) in [5.41, 5.74) is 0.0613. The molecule has 0 bridgehead atoms. The standard InChI is InChI=1S/C10H14O2/c1-7-4-3-5-8-10(7,2)6-9(11)12-8/h3,5,7-8H,4,6H2,1-2H3/t7-,8-,10+/m0/s1. The quantitative estimate of drug-likeness (QED) is 0.406. The molecule has 0 aromatic rings. The maximum Gasteiger partial charge on any atom is 0.307 e. The lowest BCUT2D eigenvalue weighted by atomic mass is 9.69. The second-order valence-electron chi connectivity index (χ2n) is 4.16. The van der Waals surface area contributed by atoms with Crippen molar-refractivity contribution in [1.29, 1.82) is 0 Å². The number of carbonyl (C=O) groups excluding carboxylic acids is 1. The highest BCUT2D eigenvalue weighted by Crippen LogP contribution is 2.46. The lowest BCUT2D eigenvalue weighted by molar-refractivity contribution is -0.140. The molecule has 66 valence electrons. The normalized spacial score (nSPS) is 45.7. The van der Waals surface area contributed by atoms with Crippen LogP contribution in [-0.2, 0) is 9.53 Å². The number of hydrogen-bond donors (Lipinski definition) is 0. The Bertz CT molecular complexity index is 244. The van der Waals surface area contributed by atoms with Gasteiger partial charge >= 0.3 is 5.97 Å². The highest BCUT2D eigenvalue weighted by molar-refractivity contribution is 5.73. The van der Waals surface area contributed by atoms with Crippen LogP contribution in [0.5, 0.6) is 0 Å². The van der Waals surface area contributed by atoms with Crippen molar-refractivity contribution < 1.29 is 9.53 Å². The van der Waals surface area contributed by atoms with Crippen LogP contribution in [0.4, 0.5) is 0 Å². The van der Waals surface area contributed by atoms with Crippen molar-refractivity contribution in [2.45, 2.75) is 32.8 Å². The van der Waals surface area contributed by atoms with Gasteiger partial charge in [0.15, 0.2) is 0 Å². The Hall–Kier alpha value is -0.790. The molecule has 1 aliphatic heterocycles. The van der Waals surface area contributed by atoms with Gasteiger partial charge < -0.3 is 4.74 Å². The number of fused-ring (bicyclic) bond motifs is 1. The van der Waals surface area contributed by atoms with Crippen LogP contribution in [0.15, 0.2) is 12.2 Å². The van der Waals surface area contributed by atoms with Gasteiger partial charge in [0.2, 0.25) is 0 Å². The minimum Gasteiger partial charge on any atom is -0.457 e. The summed E-state index contributed by atoms with van der Waals surface area (Å²) >= 11 is 0. The van der Waals surface area contributed by atoms with Gasteiger partial charge in [-0.3, -0.25) is 4.79 Å². The fourth-order valence-corrected chi connectivity index (χ4v) is 2.12. The number of esters is 1. The van der Waals surface area contributed by atoms with Gasteiger partial charge in [-0.1, -0.05) is 19.9 Å². The molecule has 2 heteroatoms. The third-order valence-corrected chi connectivity index (χ3v) is 3.36. The van der Waals surface area contributed by atoms with E-state index in [2.05, 4.69) is 19.9 Å². The smallest absolute Gasteiger partial charge is 0.307 e. The molecule has 1 aliphatic carbocycles. The Labute approximate surface area is 72.6 Å². The van der Waals surface area contributed by atoms with E-state index in [9.17, 15) is 4.79 Å². The molecule has 0 N–H and O–H groups in total. The van der Waals surface area contributed by atoms with E-state index in [4.69, 9.17) is 4.74 Å². The predicted octanol–water partition coefficient (Wildman–Crippen LogP) is 1.90. The number of rotatable bonds is 0. The summed E-state index contributed by atoms with van der Waals surface area (Å²) in [6.45, 7) is 4.34. The molecular formula is C10H14O2. The fraction of sp³-hybridized carbons (Fsp3) is 0.700. The number of allylic oxidation sites excluding steroid dienone is 1. The first-order chi connectivity index (χ1) is 5.63. The number of ether oxygens (including phenoxy) is 1. The molecule has 0 amide bonds. The van der Waals surface area contributed by atoms with E-state index in [0.717, 1.165) is 6.42 Å². The Kier molecular flexibility index (Phi) is 1.53. The van der Waals surface area contributed by atoms with Crippen LogP contribution in [0.1, 0.15) is 26.7 Å². The zero-order chi connectivity index (χ0) is 8.77. The summed E-state index contributed by atoms with van der Waals surface area (Å²) in [6, 6.07) is 0. The van der Waals surface area contributed by atoms with E-state index in [0.29, 0.717) is 12.3 Å². The van der Waals surface area contributed by atoms with E-state index in [1.54, 1.807) is 0 Å². The Balaban J connectivity index is 2.32. The van der Waals surface area contributed by atoms with Gasteiger partial charge in [-0.15, -0.1) is 0 Å². The second-order valence-corrected chi connectivity index (χ2v) is 4.16. The van der Waals surface area contributed by atoms with Gasteiger partial charge in [-0.2, -0.15) is 0 Å². The van der Waals surface area contributed by atoms with Gasteiger partial charge in [0, 0.05) is 5.41 Å². The van der Waals surface area contributed by atoms with Crippen LogP contribution in [0, 0.1) is 11.3 Å². The zero-order valence-corrected chi connectivity index (χ0v) is 7.54. The molecule has 12 heavy (non-hydrogen) atoms. The molecule has 2 nitrogen and oxygen atoms in total. The molecule has 1 saturated heterocycles. The maximum atomic E-state index is 11.1. The zero-order valence-electron chi connectivity index (χ0n) is 7.54. The number of hydrogen-bond acceptors (Lipinski definition) is 2. The summed E-state index contributed by atoms with van der Waals surface area (Å²) in [7, 11) is 0. The first-order valence-corrected chi connectivity index (χ1v) is 4.49. The lowest BCUT2D eigenvalue weighted by Crippen LogP contribution is -2.35. The Morgan fingerprint density at radius 1 is 1.67 bits per heavy atom. The minimum absolute atomic E-state index is 0.0359. The first-order valence-electron chi connectivity index (χ1n) is 4.49. The molecule has 0 spiro atoms. The molecule has 2 rings (SSSR count).